The third kappa shape index (κ3) is 8.23. The first kappa shape index (κ1) is 32.7. The summed E-state index contributed by atoms with van der Waals surface area (Å²) in [6, 6.07) is -1.46. The smallest absolute Gasteiger partial charge is 0.457 e. The van der Waals surface area contributed by atoms with Gasteiger partial charge in [-0.2, -0.15) is 0 Å². The Labute approximate surface area is 231 Å². The molecule has 222 valence electrons. The van der Waals surface area contributed by atoms with E-state index in [1.165, 1.54) is 0 Å². The van der Waals surface area contributed by atoms with Crippen molar-refractivity contribution >= 4 is 31.2 Å². The van der Waals surface area contributed by atoms with E-state index in [9.17, 15) is 29.4 Å². The van der Waals surface area contributed by atoms with Crippen molar-refractivity contribution in [1.82, 2.24) is 15.5 Å². The number of carbonyl (C=O) groups is 4. The van der Waals surface area contributed by atoms with E-state index in [-0.39, 0.29) is 25.8 Å². The van der Waals surface area contributed by atoms with E-state index >= 15 is 0 Å². The number of rotatable bonds is 10. The number of alkyl carbamates (subject to hydrolysis) is 1. The van der Waals surface area contributed by atoms with Crippen LogP contribution < -0.4 is 10.6 Å². The number of carbonyl (C=O) groups excluding carboxylic acids is 2. The minimum atomic E-state index is -1.70. The van der Waals surface area contributed by atoms with Gasteiger partial charge in [0, 0.05) is 19.0 Å². The molecule has 0 unspecified atom stereocenters. The van der Waals surface area contributed by atoms with Crippen molar-refractivity contribution in [1.29, 1.82) is 0 Å². The molecule has 2 heterocycles. The van der Waals surface area contributed by atoms with Crippen molar-refractivity contribution in [3.63, 3.8) is 0 Å². The Morgan fingerprint density at radius 1 is 1.08 bits per heavy atom. The molecule has 2 aliphatic heterocycles. The fourth-order valence-corrected chi connectivity index (χ4v) is 4.98. The molecular weight excluding hydrogens is 509 g/mol. The second-order valence-electron chi connectivity index (χ2n) is 12.5. The molecule has 0 aliphatic carbocycles. The molecule has 3 amide bonds. The third-order valence-electron chi connectivity index (χ3n) is 7.78. The van der Waals surface area contributed by atoms with Crippen LogP contribution in [0.15, 0.2) is 0 Å². The normalized spacial score (nSPS) is 25.1. The van der Waals surface area contributed by atoms with Crippen LogP contribution in [0.4, 0.5) is 9.59 Å². The lowest BCUT2D eigenvalue weighted by Gasteiger charge is -2.45. The maximum Gasteiger partial charge on any atom is 0.457 e. The first-order valence-electron chi connectivity index (χ1n) is 13.7. The summed E-state index contributed by atoms with van der Waals surface area (Å²) in [7, 11) is -0.423. The molecule has 2 saturated heterocycles. The van der Waals surface area contributed by atoms with Crippen LogP contribution in [0.2, 0.25) is 6.32 Å². The van der Waals surface area contributed by atoms with Crippen molar-refractivity contribution < 1.29 is 43.4 Å². The predicted molar refractivity (Wildman–Crippen MR) is 144 cm³/mol. The summed E-state index contributed by atoms with van der Waals surface area (Å²) in [6.07, 6.45) is 0.0504. The maximum atomic E-state index is 13.0. The van der Waals surface area contributed by atoms with Gasteiger partial charge in [-0.25, -0.2) is 14.4 Å². The summed E-state index contributed by atoms with van der Waals surface area (Å²) in [4.78, 5) is 50.7. The van der Waals surface area contributed by atoms with Gasteiger partial charge in [-0.1, -0.05) is 19.8 Å². The monoisotopic (exact) mass is 555 g/mol. The third-order valence-corrected chi connectivity index (χ3v) is 7.78. The van der Waals surface area contributed by atoms with Gasteiger partial charge >= 0.3 is 25.3 Å². The Kier molecular flexibility index (Phi) is 10.3. The molecule has 0 saturated carbocycles. The van der Waals surface area contributed by atoms with Crippen molar-refractivity contribution in [3.8, 4) is 0 Å². The first-order valence-corrected chi connectivity index (χ1v) is 13.7. The van der Waals surface area contributed by atoms with Gasteiger partial charge in [0.25, 0.3) is 0 Å². The maximum absolute atomic E-state index is 13.0. The van der Waals surface area contributed by atoms with E-state index in [0.717, 1.165) is 4.90 Å². The molecule has 3 atom stereocenters. The molecule has 0 aromatic heterocycles. The van der Waals surface area contributed by atoms with Gasteiger partial charge in [0.2, 0.25) is 5.91 Å². The summed E-state index contributed by atoms with van der Waals surface area (Å²) < 4.78 is 17.2. The Hall–Kier alpha value is -2.54. The van der Waals surface area contributed by atoms with Gasteiger partial charge in [-0.3, -0.25) is 9.69 Å². The summed E-state index contributed by atoms with van der Waals surface area (Å²) in [5, 5.41) is 25.5. The molecule has 2 aliphatic rings. The van der Waals surface area contributed by atoms with Gasteiger partial charge < -0.3 is 34.9 Å². The Balaban J connectivity index is 2.06. The average molecular weight is 555 g/mol. The number of nitrogens with zero attached hydrogens (tertiary/aromatic N) is 1. The summed E-state index contributed by atoms with van der Waals surface area (Å²) in [6.45, 7) is 14.7. The molecule has 2 fully saturated rings. The van der Waals surface area contributed by atoms with E-state index in [0.29, 0.717) is 25.6 Å². The van der Waals surface area contributed by atoms with Gasteiger partial charge in [0.1, 0.15) is 17.2 Å². The number of carboxylic acid groups (broad SMARTS) is 2. The van der Waals surface area contributed by atoms with Crippen molar-refractivity contribution in [2.24, 2.45) is 0 Å². The summed E-state index contributed by atoms with van der Waals surface area (Å²) >= 11 is 0. The zero-order valence-electron chi connectivity index (χ0n) is 24.6. The van der Waals surface area contributed by atoms with Crippen LogP contribution in [0.3, 0.4) is 0 Å². The van der Waals surface area contributed by atoms with Gasteiger partial charge in [0.15, 0.2) is 0 Å². The second-order valence-corrected chi connectivity index (χ2v) is 12.5. The molecule has 0 bridgehead atoms. The van der Waals surface area contributed by atoms with Gasteiger partial charge in [-0.15, -0.1) is 0 Å². The largest absolute Gasteiger partial charge is 0.479 e. The second kappa shape index (κ2) is 12.3. The lowest BCUT2D eigenvalue weighted by molar-refractivity contribution is -0.154. The van der Waals surface area contributed by atoms with Crippen LogP contribution in [-0.2, 0) is 23.6 Å². The van der Waals surface area contributed by atoms with Gasteiger partial charge in [0.05, 0.1) is 11.2 Å². The van der Waals surface area contributed by atoms with Crippen LogP contribution in [0, 0.1) is 0 Å². The fraction of sp³-hybridized carbons (Fsp3) is 0.846. The molecule has 13 heteroatoms. The zero-order chi connectivity index (χ0) is 29.8. The Morgan fingerprint density at radius 3 is 2.15 bits per heavy atom. The number of hydrogen-bond acceptors (Lipinski definition) is 7. The highest BCUT2D eigenvalue weighted by Crippen LogP contribution is 2.39. The standard InChI is InChI=1S/C26H46BN3O9/c1-9-18(29-21(34)37-23(2,3)4)19(31)28-17-12-15-30(22(35)36)26(16-17,20(32)33)13-10-11-14-27-38-24(5,6)25(7,8)39-27/h17-18H,9-16H2,1-8H3,(H,28,31)(H,29,34)(H,32,33)(H,35,36)/t17-,18-,26+/m0/s1. The predicted octanol–water partition coefficient (Wildman–Crippen LogP) is 3.63. The Morgan fingerprint density at radius 2 is 1.67 bits per heavy atom. The van der Waals surface area contributed by atoms with Crippen LogP contribution >= 0.6 is 0 Å². The molecule has 4 N–H and O–H groups in total. The number of piperidine rings is 1. The molecule has 39 heavy (non-hydrogen) atoms. The van der Waals surface area contributed by atoms with Crippen LogP contribution in [0.1, 0.15) is 93.9 Å². The van der Waals surface area contributed by atoms with E-state index in [4.69, 9.17) is 14.0 Å². The van der Waals surface area contributed by atoms with Crippen LogP contribution in [-0.4, -0.2) is 87.3 Å². The lowest BCUT2D eigenvalue weighted by Crippen LogP contribution is -2.64. The summed E-state index contributed by atoms with van der Waals surface area (Å²) in [5.41, 5.74) is -3.36. The minimum absolute atomic E-state index is 0.0416. The van der Waals surface area contributed by atoms with E-state index in [1.54, 1.807) is 27.7 Å². The van der Waals surface area contributed by atoms with Crippen molar-refractivity contribution in [3.05, 3.63) is 0 Å². The average Bonchev–Trinajstić information content (AvgIpc) is 2.99. The molecule has 0 aromatic carbocycles. The van der Waals surface area contributed by atoms with Crippen LogP contribution in [0.25, 0.3) is 0 Å². The number of hydrogen-bond donors (Lipinski definition) is 4. The minimum Gasteiger partial charge on any atom is -0.479 e. The number of unbranched alkanes of at least 4 members (excludes halogenated alkanes) is 1. The topological polar surface area (TPSA) is 164 Å². The van der Waals surface area contributed by atoms with Crippen LogP contribution in [0.5, 0.6) is 0 Å². The van der Waals surface area contributed by atoms with Crippen molar-refractivity contribution in [2.45, 2.75) is 135 Å². The quantitative estimate of drug-likeness (QED) is 0.233. The number of carboxylic acids is 1. The molecule has 12 nitrogen and oxygen atoms in total. The first-order chi connectivity index (χ1) is 17.8. The lowest BCUT2D eigenvalue weighted by atomic mass is 9.77. The number of nitrogens with one attached hydrogen (secondary N) is 2. The van der Waals surface area contributed by atoms with E-state index in [2.05, 4.69) is 10.6 Å². The molecular formula is C26H46BN3O9. The van der Waals surface area contributed by atoms with Gasteiger partial charge in [-0.05, 0) is 74.0 Å². The highest BCUT2D eigenvalue weighted by molar-refractivity contribution is 6.45. The van der Waals surface area contributed by atoms with E-state index < -0.39 is 65.6 Å². The van der Waals surface area contributed by atoms with Crippen molar-refractivity contribution in [2.75, 3.05) is 6.54 Å². The van der Waals surface area contributed by atoms with E-state index in [1.807, 2.05) is 27.7 Å². The number of aliphatic carboxylic acids is 1. The number of amides is 3. The highest BCUT2D eigenvalue weighted by atomic mass is 16.7. The zero-order valence-corrected chi connectivity index (χ0v) is 24.6. The molecule has 0 spiro atoms. The molecule has 2 rings (SSSR count). The summed E-state index contributed by atoms with van der Waals surface area (Å²) in [5.74, 6) is -1.73. The molecule has 0 radical (unpaired) electrons. The number of likely N-dealkylation sites (tertiary alicyclic amines) is 1. The fourth-order valence-electron chi connectivity index (χ4n) is 4.98. The molecule has 0 aromatic rings. The Bertz CT molecular complexity index is 905. The SMILES string of the molecule is CC[C@H](NC(=O)OC(C)(C)C)C(=O)N[C@H]1CCN(C(=O)O)[C@@](CCCCB2OC(C)(C)C(C)(C)O2)(C(=O)O)C1. The highest BCUT2D eigenvalue weighted by Gasteiger charge is 2.52. The number of ether oxygens (including phenoxy) is 1.